The molecule has 0 aliphatic carbocycles. The predicted octanol–water partition coefficient (Wildman–Crippen LogP) is 3.23. The number of piperazine rings is 1. The van der Waals surface area contributed by atoms with Crippen LogP contribution in [0, 0.1) is 13.8 Å². The SMILES string of the molecule is Cc1ccc([C@@H](C)NC(=O)CN2CCN(Cc3ccc4c(c3)CCO4)CC2)cc1C. The maximum atomic E-state index is 12.5. The van der Waals surface area contributed by atoms with Gasteiger partial charge in [-0.1, -0.05) is 30.3 Å². The summed E-state index contributed by atoms with van der Waals surface area (Å²) in [5.41, 5.74) is 6.40. The molecule has 2 aliphatic heterocycles. The Morgan fingerprint density at radius 1 is 1.03 bits per heavy atom. The van der Waals surface area contributed by atoms with Crippen LogP contribution in [-0.2, 0) is 17.8 Å². The number of hydrogen-bond donors (Lipinski definition) is 1. The van der Waals surface area contributed by atoms with Gasteiger partial charge in [0.1, 0.15) is 5.75 Å². The zero-order valence-corrected chi connectivity index (χ0v) is 18.4. The Morgan fingerprint density at radius 2 is 1.80 bits per heavy atom. The number of ether oxygens (including phenoxy) is 1. The summed E-state index contributed by atoms with van der Waals surface area (Å²) in [6.45, 7) is 12.4. The number of fused-ring (bicyclic) bond motifs is 1. The third-order valence-electron chi connectivity index (χ3n) is 6.40. The molecule has 2 aromatic carbocycles. The lowest BCUT2D eigenvalue weighted by Crippen LogP contribution is -2.49. The first kappa shape index (κ1) is 20.9. The molecule has 1 fully saturated rings. The van der Waals surface area contributed by atoms with Crippen LogP contribution in [0.2, 0.25) is 0 Å². The van der Waals surface area contributed by atoms with E-state index >= 15 is 0 Å². The lowest BCUT2D eigenvalue weighted by atomic mass is 10.0. The van der Waals surface area contributed by atoms with E-state index in [2.05, 4.69) is 72.3 Å². The fraction of sp³-hybridized carbons (Fsp3) is 0.480. The first-order chi connectivity index (χ1) is 14.5. The minimum absolute atomic E-state index is 0.0295. The second-order valence-corrected chi connectivity index (χ2v) is 8.73. The van der Waals surface area contributed by atoms with Crippen LogP contribution in [-0.4, -0.2) is 55.0 Å². The van der Waals surface area contributed by atoms with E-state index in [1.165, 1.54) is 22.3 Å². The predicted molar refractivity (Wildman–Crippen MR) is 120 cm³/mol. The van der Waals surface area contributed by atoms with Crippen molar-refractivity contribution < 1.29 is 9.53 Å². The Balaban J connectivity index is 1.22. The van der Waals surface area contributed by atoms with Crippen molar-refractivity contribution in [2.45, 2.75) is 39.8 Å². The largest absolute Gasteiger partial charge is 0.493 e. The van der Waals surface area contributed by atoms with Crippen molar-refractivity contribution >= 4 is 5.91 Å². The third-order valence-corrected chi connectivity index (χ3v) is 6.40. The van der Waals surface area contributed by atoms with Gasteiger partial charge in [-0.3, -0.25) is 14.6 Å². The number of aryl methyl sites for hydroxylation is 2. The molecule has 5 heteroatoms. The highest BCUT2D eigenvalue weighted by Crippen LogP contribution is 2.26. The van der Waals surface area contributed by atoms with E-state index in [1.807, 2.05) is 0 Å². The molecule has 0 aromatic heterocycles. The van der Waals surface area contributed by atoms with Crippen LogP contribution in [0.1, 0.15) is 40.8 Å². The van der Waals surface area contributed by atoms with Crippen molar-refractivity contribution in [3.05, 3.63) is 64.2 Å². The Kier molecular flexibility index (Phi) is 6.40. The van der Waals surface area contributed by atoms with E-state index in [4.69, 9.17) is 4.74 Å². The first-order valence-corrected chi connectivity index (χ1v) is 11.0. The topological polar surface area (TPSA) is 44.8 Å². The van der Waals surface area contributed by atoms with Crippen LogP contribution >= 0.6 is 0 Å². The monoisotopic (exact) mass is 407 g/mol. The standard InChI is InChI=1S/C25H33N3O2/c1-18-4-6-22(14-19(18)2)20(3)26-25(29)17-28-11-9-27(10-12-28)16-21-5-7-24-23(15-21)8-13-30-24/h4-7,14-15,20H,8-13,16-17H2,1-3H3,(H,26,29)/t20-/m1/s1. The van der Waals surface area contributed by atoms with Gasteiger partial charge in [-0.05, 0) is 54.7 Å². The summed E-state index contributed by atoms with van der Waals surface area (Å²) in [7, 11) is 0. The van der Waals surface area contributed by atoms with Crippen molar-refractivity contribution in [2.75, 3.05) is 39.3 Å². The summed E-state index contributed by atoms with van der Waals surface area (Å²) in [5.74, 6) is 1.15. The molecule has 2 heterocycles. The van der Waals surface area contributed by atoms with Gasteiger partial charge < -0.3 is 10.1 Å². The molecular formula is C25H33N3O2. The molecule has 0 radical (unpaired) electrons. The summed E-state index contributed by atoms with van der Waals surface area (Å²) < 4.78 is 5.60. The van der Waals surface area contributed by atoms with Crippen molar-refractivity contribution in [1.82, 2.24) is 15.1 Å². The summed E-state index contributed by atoms with van der Waals surface area (Å²) in [6, 6.07) is 13.0. The summed E-state index contributed by atoms with van der Waals surface area (Å²) in [5, 5.41) is 3.16. The minimum atomic E-state index is 0.0295. The van der Waals surface area contributed by atoms with E-state index in [9.17, 15) is 4.79 Å². The smallest absolute Gasteiger partial charge is 0.234 e. The second kappa shape index (κ2) is 9.19. The first-order valence-electron chi connectivity index (χ1n) is 11.0. The van der Waals surface area contributed by atoms with Crippen molar-refractivity contribution in [1.29, 1.82) is 0 Å². The van der Waals surface area contributed by atoms with Gasteiger partial charge in [0.25, 0.3) is 0 Å². The van der Waals surface area contributed by atoms with Crippen LogP contribution < -0.4 is 10.1 Å². The highest BCUT2D eigenvalue weighted by molar-refractivity contribution is 5.78. The average Bonchev–Trinajstić information content (AvgIpc) is 3.19. The molecule has 2 aliphatic rings. The number of hydrogen-bond acceptors (Lipinski definition) is 4. The van der Waals surface area contributed by atoms with Gasteiger partial charge >= 0.3 is 0 Å². The Hall–Kier alpha value is -2.37. The maximum Gasteiger partial charge on any atom is 0.234 e. The Labute approximate surface area is 180 Å². The van der Waals surface area contributed by atoms with E-state index in [0.717, 1.165) is 57.1 Å². The molecule has 5 nitrogen and oxygen atoms in total. The molecule has 1 saturated heterocycles. The number of rotatable bonds is 6. The maximum absolute atomic E-state index is 12.5. The molecule has 1 N–H and O–H groups in total. The molecule has 160 valence electrons. The van der Waals surface area contributed by atoms with E-state index in [0.29, 0.717) is 6.54 Å². The molecule has 4 rings (SSSR count). The molecule has 0 unspecified atom stereocenters. The van der Waals surface area contributed by atoms with E-state index in [-0.39, 0.29) is 11.9 Å². The van der Waals surface area contributed by atoms with Crippen molar-refractivity contribution in [2.24, 2.45) is 0 Å². The van der Waals surface area contributed by atoms with Crippen LogP contribution in [0.3, 0.4) is 0 Å². The van der Waals surface area contributed by atoms with Gasteiger partial charge in [0, 0.05) is 39.1 Å². The fourth-order valence-electron chi connectivity index (χ4n) is 4.31. The van der Waals surface area contributed by atoms with E-state index in [1.54, 1.807) is 0 Å². The normalized spacial score (nSPS) is 18.0. The van der Waals surface area contributed by atoms with Gasteiger partial charge in [-0.2, -0.15) is 0 Å². The highest BCUT2D eigenvalue weighted by atomic mass is 16.5. The van der Waals surface area contributed by atoms with Crippen molar-refractivity contribution in [3.8, 4) is 5.75 Å². The number of carbonyl (C=O) groups is 1. The average molecular weight is 408 g/mol. The van der Waals surface area contributed by atoms with E-state index < -0.39 is 0 Å². The summed E-state index contributed by atoms with van der Waals surface area (Å²) >= 11 is 0. The Bertz CT molecular complexity index is 903. The van der Waals surface area contributed by atoms with Crippen LogP contribution in [0.25, 0.3) is 0 Å². The van der Waals surface area contributed by atoms with Crippen LogP contribution in [0.15, 0.2) is 36.4 Å². The molecular weight excluding hydrogens is 374 g/mol. The molecule has 30 heavy (non-hydrogen) atoms. The molecule has 0 spiro atoms. The minimum Gasteiger partial charge on any atom is -0.493 e. The van der Waals surface area contributed by atoms with Gasteiger partial charge in [0.15, 0.2) is 0 Å². The lowest BCUT2D eigenvalue weighted by molar-refractivity contribution is -0.123. The third kappa shape index (κ3) is 5.02. The summed E-state index contributed by atoms with van der Waals surface area (Å²) in [4.78, 5) is 17.3. The van der Waals surface area contributed by atoms with Crippen molar-refractivity contribution in [3.63, 3.8) is 0 Å². The highest BCUT2D eigenvalue weighted by Gasteiger charge is 2.21. The Morgan fingerprint density at radius 3 is 2.57 bits per heavy atom. The zero-order chi connectivity index (χ0) is 21.1. The van der Waals surface area contributed by atoms with Gasteiger partial charge in [-0.15, -0.1) is 0 Å². The van der Waals surface area contributed by atoms with Gasteiger partial charge in [-0.25, -0.2) is 0 Å². The zero-order valence-electron chi connectivity index (χ0n) is 18.4. The number of carbonyl (C=O) groups excluding carboxylic acids is 1. The number of nitrogens with one attached hydrogen (secondary N) is 1. The van der Waals surface area contributed by atoms with Crippen LogP contribution in [0.5, 0.6) is 5.75 Å². The molecule has 1 amide bonds. The number of benzene rings is 2. The molecule has 1 atom stereocenters. The quantitative estimate of drug-likeness (QED) is 0.799. The lowest BCUT2D eigenvalue weighted by Gasteiger charge is -2.34. The molecule has 2 aromatic rings. The van der Waals surface area contributed by atoms with Gasteiger partial charge in [0.05, 0.1) is 19.2 Å². The second-order valence-electron chi connectivity index (χ2n) is 8.73. The number of nitrogens with zero attached hydrogens (tertiary/aromatic N) is 2. The van der Waals surface area contributed by atoms with Crippen LogP contribution in [0.4, 0.5) is 0 Å². The molecule has 0 bridgehead atoms. The molecule has 0 saturated carbocycles. The fourth-order valence-corrected chi connectivity index (χ4v) is 4.31. The number of amides is 1. The van der Waals surface area contributed by atoms with Gasteiger partial charge in [0.2, 0.25) is 5.91 Å². The summed E-state index contributed by atoms with van der Waals surface area (Å²) in [6.07, 6.45) is 1.02.